The van der Waals surface area contributed by atoms with Crippen molar-refractivity contribution in [2.45, 2.75) is 12.3 Å². The lowest BCUT2D eigenvalue weighted by molar-refractivity contribution is 0.125. The maximum atomic E-state index is 12.4. The quantitative estimate of drug-likeness (QED) is 0.334. The Balaban J connectivity index is 2.53. The Bertz CT molecular complexity index is 155. The van der Waals surface area contributed by atoms with Crippen LogP contribution >= 0.6 is 0 Å². The average molecular weight is 168 g/mol. The van der Waals surface area contributed by atoms with Gasteiger partial charge in [0, 0.05) is 0 Å². The summed E-state index contributed by atoms with van der Waals surface area (Å²) in [6.07, 6.45) is -0.987. The lowest BCUT2D eigenvalue weighted by Gasteiger charge is -2.09. The van der Waals surface area contributed by atoms with Crippen molar-refractivity contribution in [3.05, 3.63) is 0 Å². The highest BCUT2D eigenvalue weighted by Gasteiger charge is 2.47. The summed E-state index contributed by atoms with van der Waals surface area (Å²) in [6, 6.07) is 0. The van der Waals surface area contributed by atoms with Gasteiger partial charge in [-0.15, -0.1) is 0 Å². The second-order valence-corrected chi connectivity index (χ2v) is 4.68. The van der Waals surface area contributed by atoms with Crippen molar-refractivity contribution >= 4 is 14.9 Å². The molecule has 1 aliphatic heterocycles. The Morgan fingerprint density at radius 1 is 1.70 bits per heavy atom. The SMILES string of the molecule is C[Si](F)(F)C1COC(=O)O1. The van der Waals surface area contributed by atoms with Crippen LogP contribution in [0.15, 0.2) is 0 Å². The van der Waals surface area contributed by atoms with Gasteiger partial charge in [-0.2, -0.15) is 0 Å². The third-order valence-corrected chi connectivity index (χ3v) is 2.57. The van der Waals surface area contributed by atoms with Crippen LogP contribution in [0.1, 0.15) is 0 Å². The molecular formula is C4H6F2O3Si. The van der Waals surface area contributed by atoms with Crippen LogP contribution in [0.5, 0.6) is 0 Å². The van der Waals surface area contributed by atoms with Crippen molar-refractivity contribution in [1.29, 1.82) is 0 Å². The van der Waals surface area contributed by atoms with E-state index in [-0.39, 0.29) is 6.61 Å². The summed E-state index contributed by atoms with van der Waals surface area (Å²) in [4.78, 5) is 10.1. The molecule has 0 spiro atoms. The lowest BCUT2D eigenvalue weighted by atomic mass is 10.8. The predicted octanol–water partition coefficient (Wildman–Crippen LogP) is 1.07. The molecule has 0 aromatic heterocycles. The van der Waals surface area contributed by atoms with Crippen molar-refractivity contribution in [1.82, 2.24) is 0 Å². The minimum Gasteiger partial charge on any atom is -0.430 e. The van der Waals surface area contributed by atoms with E-state index >= 15 is 0 Å². The summed E-state index contributed by atoms with van der Waals surface area (Å²) >= 11 is 0. The fourth-order valence-corrected chi connectivity index (χ4v) is 1.26. The smallest absolute Gasteiger partial charge is 0.430 e. The molecule has 0 saturated carbocycles. The van der Waals surface area contributed by atoms with E-state index in [1.807, 2.05) is 0 Å². The van der Waals surface area contributed by atoms with Crippen LogP contribution in [0.2, 0.25) is 6.55 Å². The first-order valence-corrected chi connectivity index (χ1v) is 5.04. The Labute approximate surface area is 57.3 Å². The van der Waals surface area contributed by atoms with E-state index in [9.17, 15) is 13.0 Å². The first-order valence-electron chi connectivity index (χ1n) is 2.71. The summed E-state index contributed by atoms with van der Waals surface area (Å²) in [5.41, 5.74) is -1.28. The predicted molar refractivity (Wildman–Crippen MR) is 30.1 cm³/mol. The Hall–Kier alpha value is -0.653. The van der Waals surface area contributed by atoms with E-state index in [0.717, 1.165) is 6.55 Å². The molecule has 6 heteroatoms. The number of carbonyl (C=O) groups excluding carboxylic acids is 1. The molecule has 1 fully saturated rings. The fraction of sp³-hybridized carbons (Fsp3) is 0.750. The van der Waals surface area contributed by atoms with Gasteiger partial charge in [-0.25, -0.2) is 4.79 Å². The van der Waals surface area contributed by atoms with E-state index in [1.54, 1.807) is 0 Å². The molecule has 10 heavy (non-hydrogen) atoms. The molecule has 1 heterocycles. The molecule has 0 bridgehead atoms. The van der Waals surface area contributed by atoms with Crippen molar-refractivity contribution in [3.8, 4) is 0 Å². The van der Waals surface area contributed by atoms with Gasteiger partial charge in [0.1, 0.15) is 6.61 Å². The first kappa shape index (κ1) is 7.45. The van der Waals surface area contributed by atoms with Crippen molar-refractivity contribution in [2.24, 2.45) is 0 Å². The maximum absolute atomic E-state index is 12.4. The largest absolute Gasteiger partial charge is 0.508 e. The highest BCUT2D eigenvalue weighted by molar-refractivity contribution is 6.66. The molecule has 1 rings (SSSR count). The number of halogens is 2. The van der Waals surface area contributed by atoms with Crippen molar-refractivity contribution in [2.75, 3.05) is 6.61 Å². The van der Waals surface area contributed by atoms with Crippen LogP contribution < -0.4 is 0 Å². The van der Waals surface area contributed by atoms with E-state index in [2.05, 4.69) is 9.47 Å². The van der Waals surface area contributed by atoms with Crippen LogP contribution in [-0.4, -0.2) is 27.2 Å². The third-order valence-electron chi connectivity index (χ3n) is 1.16. The second-order valence-electron chi connectivity index (χ2n) is 2.12. The second kappa shape index (κ2) is 2.19. The van der Waals surface area contributed by atoms with Gasteiger partial charge in [-0.05, 0) is 6.55 Å². The minimum absolute atomic E-state index is 0.297. The van der Waals surface area contributed by atoms with Crippen molar-refractivity contribution in [3.63, 3.8) is 0 Å². The van der Waals surface area contributed by atoms with Gasteiger partial charge >= 0.3 is 14.9 Å². The van der Waals surface area contributed by atoms with Crippen LogP contribution in [0.25, 0.3) is 0 Å². The molecule has 0 N–H and O–H groups in total. The van der Waals surface area contributed by atoms with Gasteiger partial charge in [-0.3, -0.25) is 8.22 Å². The molecule has 0 aromatic rings. The van der Waals surface area contributed by atoms with Gasteiger partial charge in [-0.1, -0.05) is 0 Å². The molecule has 1 aliphatic rings. The third kappa shape index (κ3) is 1.44. The van der Waals surface area contributed by atoms with Crippen LogP contribution in [0.3, 0.4) is 0 Å². The zero-order valence-electron chi connectivity index (χ0n) is 5.27. The zero-order chi connectivity index (χ0) is 7.78. The number of cyclic esters (lactones) is 2. The number of ether oxygens (including phenoxy) is 2. The summed E-state index contributed by atoms with van der Waals surface area (Å²) < 4.78 is 33.1. The molecule has 1 atom stereocenters. The first-order chi connectivity index (χ1) is 4.50. The van der Waals surface area contributed by atoms with Crippen molar-refractivity contribution < 1.29 is 22.5 Å². The Kier molecular flexibility index (Phi) is 1.63. The van der Waals surface area contributed by atoms with Gasteiger partial charge in [0.15, 0.2) is 5.73 Å². The fourth-order valence-electron chi connectivity index (χ4n) is 0.578. The molecule has 0 aliphatic carbocycles. The lowest BCUT2D eigenvalue weighted by Crippen LogP contribution is -2.37. The summed E-state index contributed by atoms with van der Waals surface area (Å²) in [5, 5.41) is 0. The normalized spacial score (nSPS) is 25.9. The summed E-state index contributed by atoms with van der Waals surface area (Å²) in [5.74, 6) is 0. The van der Waals surface area contributed by atoms with Gasteiger partial charge in [0.25, 0.3) is 0 Å². The molecular weight excluding hydrogens is 162 g/mol. The topological polar surface area (TPSA) is 35.5 Å². The molecule has 0 amide bonds. The standard InChI is InChI=1S/C4H6F2O3Si/c1-10(5,6)3-2-8-4(7)9-3/h3H,2H2,1H3. The molecule has 1 unspecified atom stereocenters. The van der Waals surface area contributed by atoms with E-state index in [4.69, 9.17) is 0 Å². The minimum atomic E-state index is -4.33. The zero-order valence-corrected chi connectivity index (χ0v) is 6.27. The average Bonchev–Trinajstić information content (AvgIpc) is 2.11. The number of rotatable bonds is 1. The van der Waals surface area contributed by atoms with Crippen LogP contribution in [0, 0.1) is 0 Å². The maximum Gasteiger partial charge on any atom is 0.508 e. The number of hydrogen-bond acceptors (Lipinski definition) is 3. The number of carbonyl (C=O) groups is 1. The molecule has 1 saturated heterocycles. The monoisotopic (exact) mass is 168 g/mol. The summed E-state index contributed by atoms with van der Waals surface area (Å²) in [7, 11) is -4.33. The Morgan fingerprint density at radius 2 is 2.30 bits per heavy atom. The van der Waals surface area contributed by atoms with Gasteiger partial charge in [0.2, 0.25) is 0 Å². The molecule has 0 aromatic carbocycles. The molecule has 3 nitrogen and oxygen atoms in total. The molecule has 58 valence electrons. The number of hydrogen-bond donors (Lipinski definition) is 0. The van der Waals surface area contributed by atoms with Crippen LogP contribution in [0.4, 0.5) is 13.0 Å². The van der Waals surface area contributed by atoms with Gasteiger partial charge in [0.05, 0.1) is 0 Å². The van der Waals surface area contributed by atoms with E-state index in [0.29, 0.717) is 0 Å². The van der Waals surface area contributed by atoms with Gasteiger partial charge < -0.3 is 9.47 Å². The highest BCUT2D eigenvalue weighted by Crippen LogP contribution is 2.20. The molecule has 0 radical (unpaired) electrons. The van der Waals surface area contributed by atoms with E-state index in [1.165, 1.54) is 0 Å². The highest BCUT2D eigenvalue weighted by atomic mass is 28.4. The van der Waals surface area contributed by atoms with E-state index < -0.39 is 20.6 Å². The van der Waals surface area contributed by atoms with Crippen LogP contribution in [-0.2, 0) is 9.47 Å². The summed E-state index contributed by atoms with van der Waals surface area (Å²) in [6.45, 7) is 0.522. The Morgan fingerprint density at radius 3 is 2.50 bits per heavy atom.